The smallest absolute Gasteiger partial charge is 0.228 e. The summed E-state index contributed by atoms with van der Waals surface area (Å²) in [6.45, 7) is 2.29. The van der Waals surface area contributed by atoms with Crippen LogP contribution in [0.4, 0.5) is 5.69 Å². The molecule has 0 saturated carbocycles. The molecule has 0 fully saturated rings. The molecule has 1 aromatic rings. The summed E-state index contributed by atoms with van der Waals surface area (Å²) in [6.07, 6.45) is 0.729. The average Bonchev–Trinajstić information content (AvgIpc) is 2.25. The van der Waals surface area contributed by atoms with Gasteiger partial charge in [0.2, 0.25) is 5.91 Å². The molecule has 0 aliphatic carbocycles. The molecule has 5 heteroatoms. The summed E-state index contributed by atoms with van der Waals surface area (Å²) in [5.74, 6) is -0.217. The fraction of sp³-hybridized carbons (Fsp3) is 0.364. The quantitative estimate of drug-likeness (QED) is 0.898. The minimum atomic E-state index is -0.151. The van der Waals surface area contributed by atoms with Crippen molar-refractivity contribution in [2.45, 2.75) is 13.3 Å². The molecule has 3 nitrogen and oxygen atoms in total. The van der Waals surface area contributed by atoms with Crippen LogP contribution in [-0.2, 0) is 4.79 Å². The molecule has 88 valence electrons. The highest BCUT2D eigenvalue weighted by Gasteiger charge is 2.14. The first kappa shape index (κ1) is 13.5. The van der Waals surface area contributed by atoms with E-state index in [4.69, 9.17) is 17.3 Å². The molecule has 0 heterocycles. The molecular weight excluding hydrogens is 291 g/mol. The summed E-state index contributed by atoms with van der Waals surface area (Å²) in [5, 5.41) is 3.36. The van der Waals surface area contributed by atoms with Gasteiger partial charge in [0.15, 0.2) is 0 Å². The van der Waals surface area contributed by atoms with Crippen molar-refractivity contribution in [2.75, 3.05) is 11.9 Å². The lowest BCUT2D eigenvalue weighted by Crippen LogP contribution is -2.28. The normalized spacial score (nSPS) is 12.2. The fourth-order valence-corrected chi connectivity index (χ4v) is 1.70. The highest BCUT2D eigenvalue weighted by atomic mass is 79.9. The Morgan fingerprint density at radius 2 is 2.31 bits per heavy atom. The molecule has 1 amide bonds. The third kappa shape index (κ3) is 3.47. The maximum atomic E-state index is 11.7. The van der Waals surface area contributed by atoms with Gasteiger partial charge in [-0.3, -0.25) is 4.79 Å². The van der Waals surface area contributed by atoms with E-state index in [1.165, 1.54) is 0 Å². The Bertz CT molecular complexity index is 380. The third-order valence-corrected chi connectivity index (χ3v) is 3.57. The van der Waals surface area contributed by atoms with E-state index in [-0.39, 0.29) is 11.8 Å². The SMILES string of the molecule is CCC(CN)C(=O)Nc1ccc(Br)c(Cl)c1. The zero-order valence-electron chi connectivity index (χ0n) is 8.97. The van der Waals surface area contributed by atoms with Gasteiger partial charge in [0.05, 0.1) is 10.9 Å². The van der Waals surface area contributed by atoms with Crippen molar-refractivity contribution in [3.63, 3.8) is 0 Å². The lowest BCUT2D eigenvalue weighted by molar-refractivity contribution is -0.119. The highest BCUT2D eigenvalue weighted by molar-refractivity contribution is 9.10. The largest absolute Gasteiger partial charge is 0.330 e. The van der Waals surface area contributed by atoms with Gasteiger partial charge < -0.3 is 11.1 Å². The molecule has 1 aromatic carbocycles. The van der Waals surface area contributed by atoms with E-state index in [1.54, 1.807) is 18.2 Å². The second kappa shape index (κ2) is 6.23. The number of halogens is 2. The Morgan fingerprint density at radius 1 is 1.62 bits per heavy atom. The van der Waals surface area contributed by atoms with Crippen LogP contribution in [0.1, 0.15) is 13.3 Å². The van der Waals surface area contributed by atoms with Gasteiger partial charge in [-0.1, -0.05) is 18.5 Å². The number of hydrogen-bond donors (Lipinski definition) is 2. The standard InChI is InChI=1S/C11H14BrClN2O/c1-2-7(6-14)11(16)15-8-3-4-9(12)10(13)5-8/h3-5,7H,2,6,14H2,1H3,(H,15,16). The van der Waals surface area contributed by atoms with Crippen molar-refractivity contribution in [3.8, 4) is 0 Å². The number of benzene rings is 1. The number of amides is 1. The molecule has 0 radical (unpaired) electrons. The minimum Gasteiger partial charge on any atom is -0.330 e. The Hall–Kier alpha value is -0.580. The van der Waals surface area contributed by atoms with Crippen molar-refractivity contribution in [1.29, 1.82) is 0 Å². The first-order valence-electron chi connectivity index (χ1n) is 5.04. The van der Waals surface area contributed by atoms with Gasteiger partial charge in [-0.25, -0.2) is 0 Å². The van der Waals surface area contributed by atoms with Crippen LogP contribution >= 0.6 is 27.5 Å². The van der Waals surface area contributed by atoms with Crippen LogP contribution in [-0.4, -0.2) is 12.5 Å². The predicted octanol–water partition coefficient (Wildman–Crippen LogP) is 3.03. The van der Waals surface area contributed by atoms with Crippen LogP contribution in [0.3, 0.4) is 0 Å². The van der Waals surface area contributed by atoms with Crippen LogP contribution in [0, 0.1) is 5.92 Å². The monoisotopic (exact) mass is 304 g/mol. The average molecular weight is 306 g/mol. The van der Waals surface area contributed by atoms with Crippen molar-refractivity contribution < 1.29 is 4.79 Å². The number of hydrogen-bond acceptors (Lipinski definition) is 2. The lowest BCUT2D eigenvalue weighted by Gasteiger charge is -2.12. The number of nitrogens with two attached hydrogens (primary N) is 1. The summed E-state index contributed by atoms with van der Waals surface area (Å²) in [7, 11) is 0. The number of carbonyl (C=O) groups is 1. The van der Waals surface area contributed by atoms with Crippen LogP contribution in [0.25, 0.3) is 0 Å². The van der Waals surface area contributed by atoms with Crippen molar-refractivity contribution >= 4 is 39.1 Å². The summed E-state index contributed by atoms with van der Waals surface area (Å²) in [4.78, 5) is 11.7. The molecule has 1 rings (SSSR count). The fourth-order valence-electron chi connectivity index (χ4n) is 1.28. The Kier molecular flexibility index (Phi) is 5.25. The van der Waals surface area contributed by atoms with E-state index < -0.39 is 0 Å². The first-order valence-corrected chi connectivity index (χ1v) is 6.21. The summed E-state index contributed by atoms with van der Waals surface area (Å²) < 4.78 is 0.804. The van der Waals surface area contributed by atoms with E-state index in [0.29, 0.717) is 17.3 Å². The third-order valence-electron chi connectivity index (χ3n) is 2.34. The summed E-state index contributed by atoms with van der Waals surface area (Å²) >= 11 is 9.21. The first-order chi connectivity index (χ1) is 7.58. The lowest BCUT2D eigenvalue weighted by atomic mass is 10.1. The van der Waals surface area contributed by atoms with Gasteiger partial charge in [-0.05, 0) is 40.5 Å². The van der Waals surface area contributed by atoms with E-state index in [9.17, 15) is 4.79 Å². The van der Waals surface area contributed by atoms with Gasteiger partial charge in [0.1, 0.15) is 0 Å². The molecule has 3 N–H and O–H groups in total. The summed E-state index contributed by atoms with van der Waals surface area (Å²) in [6, 6.07) is 5.28. The summed E-state index contributed by atoms with van der Waals surface area (Å²) in [5.41, 5.74) is 6.18. The van der Waals surface area contributed by atoms with E-state index in [1.807, 2.05) is 6.92 Å². The van der Waals surface area contributed by atoms with Gasteiger partial charge in [0, 0.05) is 16.7 Å². The van der Waals surface area contributed by atoms with Gasteiger partial charge in [0.25, 0.3) is 0 Å². The van der Waals surface area contributed by atoms with Gasteiger partial charge in [-0.2, -0.15) is 0 Å². The molecule has 0 aliphatic rings. The molecular formula is C11H14BrClN2O. The zero-order valence-corrected chi connectivity index (χ0v) is 11.3. The highest BCUT2D eigenvalue weighted by Crippen LogP contribution is 2.25. The van der Waals surface area contributed by atoms with Crippen molar-refractivity contribution in [1.82, 2.24) is 0 Å². The van der Waals surface area contributed by atoms with E-state index in [2.05, 4.69) is 21.2 Å². The van der Waals surface area contributed by atoms with Crippen LogP contribution < -0.4 is 11.1 Å². The van der Waals surface area contributed by atoms with E-state index in [0.717, 1.165) is 10.9 Å². The van der Waals surface area contributed by atoms with Crippen LogP contribution in [0.2, 0.25) is 5.02 Å². The van der Waals surface area contributed by atoms with Crippen molar-refractivity contribution in [2.24, 2.45) is 11.7 Å². The molecule has 0 saturated heterocycles. The molecule has 1 atom stereocenters. The molecule has 1 unspecified atom stereocenters. The maximum absolute atomic E-state index is 11.7. The Morgan fingerprint density at radius 3 is 2.81 bits per heavy atom. The van der Waals surface area contributed by atoms with Gasteiger partial charge in [-0.15, -0.1) is 0 Å². The van der Waals surface area contributed by atoms with Crippen LogP contribution in [0.5, 0.6) is 0 Å². The molecule has 0 spiro atoms. The second-order valence-electron chi connectivity index (χ2n) is 3.46. The predicted molar refractivity (Wildman–Crippen MR) is 70.6 cm³/mol. The molecule has 16 heavy (non-hydrogen) atoms. The number of carbonyl (C=O) groups excluding carboxylic acids is 1. The molecule has 0 bridgehead atoms. The number of rotatable bonds is 4. The van der Waals surface area contributed by atoms with Crippen LogP contribution in [0.15, 0.2) is 22.7 Å². The maximum Gasteiger partial charge on any atom is 0.228 e. The zero-order chi connectivity index (χ0) is 12.1. The number of nitrogens with one attached hydrogen (secondary N) is 1. The molecule has 0 aromatic heterocycles. The van der Waals surface area contributed by atoms with E-state index >= 15 is 0 Å². The molecule has 0 aliphatic heterocycles. The minimum absolute atomic E-state index is 0.0663. The topological polar surface area (TPSA) is 55.1 Å². The Balaban J connectivity index is 2.73. The second-order valence-corrected chi connectivity index (χ2v) is 4.72. The van der Waals surface area contributed by atoms with Crippen molar-refractivity contribution in [3.05, 3.63) is 27.7 Å². The van der Waals surface area contributed by atoms with Gasteiger partial charge >= 0.3 is 0 Å². The number of anilines is 1. The Labute approximate surface area is 108 Å².